The van der Waals surface area contributed by atoms with Gasteiger partial charge >= 0.3 is 5.97 Å². The van der Waals surface area contributed by atoms with Crippen LogP contribution >= 0.6 is 0 Å². The number of aliphatic carboxylic acids is 1. The first kappa shape index (κ1) is 18.7. The summed E-state index contributed by atoms with van der Waals surface area (Å²) in [5, 5.41) is 11.0. The number of rotatable bonds is 6. The van der Waals surface area contributed by atoms with Crippen molar-refractivity contribution < 1.29 is 9.90 Å². The average molecular weight is 378 g/mol. The van der Waals surface area contributed by atoms with Crippen molar-refractivity contribution in [2.45, 2.75) is 19.4 Å². The third-order valence-corrected chi connectivity index (χ3v) is 5.64. The molecule has 2 aromatic heterocycles. The summed E-state index contributed by atoms with van der Waals surface area (Å²) in [4.78, 5) is 23.9. The monoisotopic (exact) mass is 378 g/mol. The fourth-order valence-electron chi connectivity index (χ4n) is 4.05. The number of piperazine rings is 1. The molecule has 1 aliphatic heterocycles. The van der Waals surface area contributed by atoms with Crippen LogP contribution < -0.4 is 0 Å². The zero-order valence-corrected chi connectivity index (χ0v) is 16.1. The number of aromatic amines is 1. The van der Waals surface area contributed by atoms with Crippen LogP contribution in [0, 0.1) is 6.92 Å². The highest BCUT2D eigenvalue weighted by molar-refractivity contribution is 5.89. The molecule has 1 unspecified atom stereocenters. The number of hydrogen-bond donors (Lipinski definition) is 2. The van der Waals surface area contributed by atoms with Crippen molar-refractivity contribution >= 4 is 16.9 Å². The molecule has 1 aromatic carbocycles. The van der Waals surface area contributed by atoms with E-state index in [0.29, 0.717) is 0 Å². The van der Waals surface area contributed by atoms with E-state index >= 15 is 0 Å². The number of nitrogens with zero attached hydrogens (tertiary/aromatic N) is 3. The van der Waals surface area contributed by atoms with Gasteiger partial charge in [0.2, 0.25) is 0 Å². The van der Waals surface area contributed by atoms with Crippen molar-refractivity contribution in [3.8, 4) is 0 Å². The van der Waals surface area contributed by atoms with Gasteiger partial charge in [0, 0.05) is 67.8 Å². The second-order valence-corrected chi connectivity index (χ2v) is 7.52. The fourth-order valence-corrected chi connectivity index (χ4v) is 4.05. The average Bonchev–Trinajstić information content (AvgIpc) is 3.11. The van der Waals surface area contributed by atoms with Gasteiger partial charge in [-0.1, -0.05) is 11.6 Å². The number of carboxylic acids is 1. The molecule has 28 heavy (non-hydrogen) atoms. The molecule has 0 aliphatic carbocycles. The van der Waals surface area contributed by atoms with E-state index in [-0.39, 0.29) is 0 Å². The molecule has 1 atom stereocenters. The van der Waals surface area contributed by atoms with E-state index in [0.717, 1.165) is 61.2 Å². The Kier molecular flexibility index (Phi) is 5.41. The van der Waals surface area contributed by atoms with Crippen molar-refractivity contribution in [3.05, 3.63) is 65.6 Å². The van der Waals surface area contributed by atoms with E-state index in [2.05, 4.69) is 38.0 Å². The zero-order valence-electron chi connectivity index (χ0n) is 16.1. The number of H-pyrrole nitrogens is 1. The molecule has 0 saturated carbocycles. The van der Waals surface area contributed by atoms with E-state index in [1.165, 1.54) is 5.56 Å². The number of pyridine rings is 1. The Morgan fingerprint density at radius 1 is 1.18 bits per heavy atom. The highest BCUT2D eigenvalue weighted by Crippen LogP contribution is 2.30. The van der Waals surface area contributed by atoms with E-state index in [1.54, 1.807) is 0 Å². The number of benzene rings is 1. The molecule has 1 aliphatic rings. The first-order valence-electron chi connectivity index (χ1n) is 9.77. The summed E-state index contributed by atoms with van der Waals surface area (Å²) in [5.41, 5.74) is 4.27. The van der Waals surface area contributed by atoms with Gasteiger partial charge in [-0.25, -0.2) is 0 Å². The fraction of sp³-hybridized carbons (Fsp3) is 0.364. The predicted octanol–water partition coefficient (Wildman–Crippen LogP) is 2.86. The molecule has 0 radical (unpaired) electrons. The van der Waals surface area contributed by atoms with Gasteiger partial charge in [0.1, 0.15) is 6.04 Å². The first-order valence-corrected chi connectivity index (χ1v) is 9.77. The highest BCUT2D eigenvalue weighted by Gasteiger charge is 2.32. The van der Waals surface area contributed by atoms with Crippen molar-refractivity contribution in [1.29, 1.82) is 0 Å². The molecule has 146 valence electrons. The SMILES string of the molecule is Cc1ccc2[nH]cc(C(C(=O)O)N3CCN(CCc4ccncc4)CC3)c2c1. The van der Waals surface area contributed by atoms with Gasteiger partial charge in [0.15, 0.2) is 0 Å². The molecule has 3 heterocycles. The molecular formula is C22H26N4O2. The lowest BCUT2D eigenvalue weighted by molar-refractivity contribution is -0.144. The molecule has 0 amide bonds. The van der Waals surface area contributed by atoms with Gasteiger partial charge in [0.05, 0.1) is 0 Å². The summed E-state index contributed by atoms with van der Waals surface area (Å²) in [7, 11) is 0. The predicted molar refractivity (Wildman–Crippen MR) is 109 cm³/mol. The van der Waals surface area contributed by atoms with Crippen molar-refractivity contribution in [3.63, 3.8) is 0 Å². The second kappa shape index (κ2) is 8.12. The van der Waals surface area contributed by atoms with Crippen LogP contribution in [0.2, 0.25) is 0 Å². The number of hydrogen-bond acceptors (Lipinski definition) is 4. The summed E-state index contributed by atoms with van der Waals surface area (Å²) in [6.45, 7) is 6.31. The van der Waals surface area contributed by atoms with Crippen molar-refractivity contribution in [2.24, 2.45) is 0 Å². The van der Waals surface area contributed by atoms with Crippen LogP contribution in [0.1, 0.15) is 22.7 Å². The van der Waals surface area contributed by atoms with Gasteiger partial charge in [0.25, 0.3) is 0 Å². The second-order valence-electron chi connectivity index (χ2n) is 7.52. The Balaban J connectivity index is 1.44. The lowest BCUT2D eigenvalue weighted by atomic mass is 10.0. The molecule has 6 nitrogen and oxygen atoms in total. The minimum atomic E-state index is -0.785. The Morgan fingerprint density at radius 2 is 1.93 bits per heavy atom. The molecule has 6 heteroatoms. The third kappa shape index (κ3) is 3.93. The standard InChI is InChI=1S/C22H26N4O2/c1-16-2-3-20-18(14-16)19(15-24-20)21(22(27)28)26-12-10-25(11-13-26)9-6-17-4-7-23-8-5-17/h2-5,7-8,14-15,21,24H,6,9-13H2,1H3,(H,27,28). The van der Waals surface area contributed by atoms with E-state index in [4.69, 9.17) is 0 Å². The van der Waals surface area contributed by atoms with Crippen LogP contribution in [0.4, 0.5) is 0 Å². The molecule has 2 N–H and O–H groups in total. The smallest absolute Gasteiger partial charge is 0.325 e. The maximum absolute atomic E-state index is 12.1. The van der Waals surface area contributed by atoms with Crippen LogP contribution in [0.25, 0.3) is 10.9 Å². The van der Waals surface area contributed by atoms with Crippen molar-refractivity contribution in [1.82, 2.24) is 19.8 Å². The molecule has 4 rings (SSSR count). The van der Waals surface area contributed by atoms with Crippen LogP contribution in [-0.4, -0.2) is 63.6 Å². The van der Waals surface area contributed by atoms with Gasteiger partial charge in [-0.05, 0) is 43.2 Å². The Bertz CT molecular complexity index is 946. The highest BCUT2D eigenvalue weighted by atomic mass is 16.4. The van der Waals surface area contributed by atoms with E-state index in [1.807, 2.05) is 37.6 Å². The molecule has 0 bridgehead atoms. The van der Waals surface area contributed by atoms with E-state index in [9.17, 15) is 9.90 Å². The Morgan fingerprint density at radius 3 is 2.64 bits per heavy atom. The number of carbonyl (C=O) groups is 1. The molecule has 0 spiro atoms. The number of aromatic nitrogens is 2. The van der Waals surface area contributed by atoms with E-state index < -0.39 is 12.0 Å². The minimum absolute atomic E-state index is 0.613. The van der Waals surface area contributed by atoms with Crippen LogP contribution in [0.5, 0.6) is 0 Å². The molecule has 3 aromatic rings. The summed E-state index contributed by atoms with van der Waals surface area (Å²) in [6.07, 6.45) is 6.51. The topological polar surface area (TPSA) is 72.5 Å². The maximum atomic E-state index is 12.1. The molecule has 1 saturated heterocycles. The zero-order chi connectivity index (χ0) is 19.5. The van der Waals surface area contributed by atoms with Gasteiger partial charge < -0.3 is 15.0 Å². The largest absolute Gasteiger partial charge is 0.480 e. The summed E-state index contributed by atoms with van der Waals surface area (Å²) >= 11 is 0. The number of aryl methyl sites for hydroxylation is 1. The number of carboxylic acid groups (broad SMARTS) is 1. The normalized spacial score (nSPS) is 17.0. The lowest BCUT2D eigenvalue weighted by Gasteiger charge is -2.37. The van der Waals surface area contributed by atoms with Gasteiger partial charge in [-0.15, -0.1) is 0 Å². The van der Waals surface area contributed by atoms with Crippen LogP contribution in [0.15, 0.2) is 48.9 Å². The molecular weight excluding hydrogens is 352 g/mol. The Labute approximate surface area is 164 Å². The number of fused-ring (bicyclic) bond motifs is 1. The van der Waals surface area contributed by atoms with Crippen LogP contribution in [-0.2, 0) is 11.2 Å². The minimum Gasteiger partial charge on any atom is -0.480 e. The maximum Gasteiger partial charge on any atom is 0.325 e. The summed E-state index contributed by atoms with van der Waals surface area (Å²) < 4.78 is 0. The number of nitrogens with one attached hydrogen (secondary N) is 1. The summed E-state index contributed by atoms with van der Waals surface area (Å²) in [6, 6.07) is 9.62. The van der Waals surface area contributed by atoms with Crippen LogP contribution in [0.3, 0.4) is 0 Å². The van der Waals surface area contributed by atoms with Gasteiger partial charge in [-0.2, -0.15) is 0 Å². The van der Waals surface area contributed by atoms with Gasteiger partial charge in [-0.3, -0.25) is 14.7 Å². The lowest BCUT2D eigenvalue weighted by Crippen LogP contribution is -2.49. The quantitative estimate of drug-likeness (QED) is 0.690. The summed E-state index contributed by atoms with van der Waals surface area (Å²) in [5.74, 6) is -0.785. The third-order valence-electron chi connectivity index (χ3n) is 5.64. The first-order chi connectivity index (χ1) is 13.6. The van der Waals surface area contributed by atoms with Crippen molar-refractivity contribution in [2.75, 3.05) is 32.7 Å². The molecule has 1 fully saturated rings. The Hall–Kier alpha value is -2.70.